The Balaban J connectivity index is 2.44. The number of benzene rings is 2. The Kier molecular flexibility index (Phi) is 4.78. The number of halogens is 1. The molecule has 2 rings (SSSR count). The molecule has 0 N–H and O–H groups in total. The van der Waals surface area contributed by atoms with Crippen LogP contribution in [0.3, 0.4) is 0 Å². The predicted octanol–water partition coefficient (Wildman–Crippen LogP) is 4.12. The van der Waals surface area contributed by atoms with E-state index in [2.05, 4.69) is 10.2 Å². The average molecular weight is 333 g/mol. The molecule has 0 aliphatic carbocycles. The summed E-state index contributed by atoms with van der Waals surface area (Å²) in [6, 6.07) is 8.49. The van der Waals surface area contributed by atoms with Gasteiger partial charge >= 0.3 is 11.4 Å². The SMILES string of the molecule is CN(C)c1ccc(N=Nc2ccc(F)c([N+](=O)[O-])c2[N+](=O)[O-])cc1. The van der Waals surface area contributed by atoms with Gasteiger partial charge in [-0.1, -0.05) is 0 Å². The van der Waals surface area contributed by atoms with E-state index in [1.807, 2.05) is 19.0 Å². The monoisotopic (exact) mass is 333 g/mol. The van der Waals surface area contributed by atoms with Crippen molar-refractivity contribution in [3.63, 3.8) is 0 Å². The number of azo groups is 1. The van der Waals surface area contributed by atoms with E-state index >= 15 is 0 Å². The van der Waals surface area contributed by atoms with Crippen molar-refractivity contribution in [1.29, 1.82) is 0 Å². The molecule has 2 aromatic rings. The van der Waals surface area contributed by atoms with Crippen molar-refractivity contribution in [3.8, 4) is 0 Å². The molecule has 0 atom stereocenters. The van der Waals surface area contributed by atoms with Crippen LogP contribution in [0.5, 0.6) is 0 Å². The molecule has 2 aromatic carbocycles. The van der Waals surface area contributed by atoms with Gasteiger partial charge < -0.3 is 4.90 Å². The molecule has 0 spiro atoms. The fourth-order valence-corrected chi connectivity index (χ4v) is 1.91. The average Bonchev–Trinajstić information content (AvgIpc) is 2.53. The number of nitro groups is 2. The minimum atomic E-state index is -1.30. The largest absolute Gasteiger partial charge is 0.383 e. The van der Waals surface area contributed by atoms with E-state index in [-0.39, 0.29) is 0 Å². The van der Waals surface area contributed by atoms with Gasteiger partial charge in [0.1, 0.15) is 0 Å². The summed E-state index contributed by atoms with van der Waals surface area (Å²) in [4.78, 5) is 21.6. The van der Waals surface area contributed by atoms with Crippen LogP contribution >= 0.6 is 0 Å². The summed E-state index contributed by atoms with van der Waals surface area (Å²) in [5.74, 6) is -1.30. The number of anilines is 1. The predicted molar refractivity (Wildman–Crippen MR) is 84.7 cm³/mol. The molecule has 0 aliphatic heterocycles. The van der Waals surface area contributed by atoms with Crippen LogP contribution in [0.1, 0.15) is 0 Å². The van der Waals surface area contributed by atoms with Crippen LogP contribution < -0.4 is 4.90 Å². The second-order valence-electron chi connectivity index (χ2n) is 4.89. The topological polar surface area (TPSA) is 114 Å². The Morgan fingerprint density at radius 2 is 1.50 bits per heavy atom. The third kappa shape index (κ3) is 3.48. The highest BCUT2D eigenvalue weighted by atomic mass is 19.1. The third-order valence-corrected chi connectivity index (χ3v) is 3.09. The molecule has 24 heavy (non-hydrogen) atoms. The van der Waals surface area contributed by atoms with E-state index in [1.165, 1.54) is 0 Å². The molecule has 0 aromatic heterocycles. The lowest BCUT2D eigenvalue weighted by molar-refractivity contribution is -0.423. The van der Waals surface area contributed by atoms with E-state index in [1.54, 1.807) is 24.3 Å². The van der Waals surface area contributed by atoms with E-state index in [0.29, 0.717) is 5.69 Å². The summed E-state index contributed by atoms with van der Waals surface area (Å²) in [6.07, 6.45) is 0. The molecule has 0 saturated heterocycles. The van der Waals surface area contributed by atoms with Crippen molar-refractivity contribution >= 4 is 28.4 Å². The Morgan fingerprint density at radius 3 is 2.00 bits per heavy atom. The molecule has 10 heteroatoms. The molecule has 9 nitrogen and oxygen atoms in total. The lowest BCUT2D eigenvalue weighted by Crippen LogP contribution is -2.07. The van der Waals surface area contributed by atoms with Crippen molar-refractivity contribution in [3.05, 3.63) is 62.4 Å². The fraction of sp³-hybridized carbons (Fsp3) is 0.143. The van der Waals surface area contributed by atoms with Crippen molar-refractivity contribution < 1.29 is 14.2 Å². The molecule has 0 heterocycles. The van der Waals surface area contributed by atoms with Gasteiger partial charge in [0.2, 0.25) is 5.82 Å². The summed E-state index contributed by atoms with van der Waals surface area (Å²) >= 11 is 0. The van der Waals surface area contributed by atoms with Gasteiger partial charge in [-0.3, -0.25) is 20.2 Å². The highest BCUT2D eigenvalue weighted by Crippen LogP contribution is 2.39. The summed E-state index contributed by atoms with van der Waals surface area (Å²) in [5.41, 5.74) is -1.36. The highest BCUT2D eigenvalue weighted by Gasteiger charge is 2.33. The first-order chi connectivity index (χ1) is 11.3. The van der Waals surface area contributed by atoms with Crippen LogP contribution in [0.15, 0.2) is 46.6 Å². The van der Waals surface area contributed by atoms with Crippen molar-refractivity contribution in [2.24, 2.45) is 10.2 Å². The van der Waals surface area contributed by atoms with Gasteiger partial charge in [0, 0.05) is 19.8 Å². The summed E-state index contributed by atoms with van der Waals surface area (Å²) < 4.78 is 13.5. The minimum Gasteiger partial charge on any atom is -0.378 e. The third-order valence-electron chi connectivity index (χ3n) is 3.09. The van der Waals surface area contributed by atoms with Crippen LogP contribution in [0.25, 0.3) is 0 Å². The number of nitrogens with zero attached hydrogens (tertiary/aromatic N) is 5. The molecule has 0 aliphatic rings. The second-order valence-corrected chi connectivity index (χ2v) is 4.89. The number of hydrogen-bond donors (Lipinski definition) is 0. The normalized spacial score (nSPS) is 10.8. The Morgan fingerprint density at radius 1 is 0.917 bits per heavy atom. The zero-order valence-electron chi connectivity index (χ0n) is 12.7. The van der Waals surface area contributed by atoms with E-state index in [4.69, 9.17) is 0 Å². The van der Waals surface area contributed by atoms with Crippen LogP contribution in [-0.2, 0) is 0 Å². The fourth-order valence-electron chi connectivity index (χ4n) is 1.91. The maximum Gasteiger partial charge on any atom is 0.383 e. The second kappa shape index (κ2) is 6.77. The van der Waals surface area contributed by atoms with Gasteiger partial charge in [-0.05, 0) is 36.4 Å². The first kappa shape index (κ1) is 16.9. The molecule has 0 amide bonds. The lowest BCUT2D eigenvalue weighted by atomic mass is 10.2. The lowest BCUT2D eigenvalue weighted by Gasteiger charge is -2.11. The molecular weight excluding hydrogens is 321 g/mol. The summed E-state index contributed by atoms with van der Waals surface area (Å²) in [5, 5.41) is 29.4. The molecule has 0 bridgehead atoms. The van der Waals surface area contributed by atoms with Gasteiger partial charge in [0.05, 0.1) is 15.5 Å². The van der Waals surface area contributed by atoms with E-state index in [0.717, 1.165) is 17.8 Å². The molecular formula is C14H12FN5O4. The maximum absolute atomic E-state index is 13.5. The summed E-state index contributed by atoms with van der Waals surface area (Å²) in [7, 11) is 3.72. The Labute approximate surface area is 135 Å². The smallest absolute Gasteiger partial charge is 0.378 e. The molecule has 124 valence electrons. The Bertz CT molecular complexity index is 821. The first-order valence-electron chi connectivity index (χ1n) is 6.61. The van der Waals surface area contributed by atoms with Crippen molar-refractivity contribution in [2.45, 2.75) is 0 Å². The van der Waals surface area contributed by atoms with Crippen LogP contribution in [-0.4, -0.2) is 23.9 Å². The van der Waals surface area contributed by atoms with E-state index < -0.39 is 32.7 Å². The van der Waals surface area contributed by atoms with Gasteiger partial charge in [-0.25, -0.2) is 0 Å². The zero-order valence-corrected chi connectivity index (χ0v) is 12.7. The quantitative estimate of drug-likeness (QED) is 0.463. The minimum absolute atomic E-state index is 0.391. The van der Waals surface area contributed by atoms with Crippen molar-refractivity contribution in [1.82, 2.24) is 0 Å². The van der Waals surface area contributed by atoms with Crippen LogP contribution in [0.4, 0.5) is 32.8 Å². The molecule has 0 unspecified atom stereocenters. The van der Waals surface area contributed by atoms with Gasteiger partial charge in [0.25, 0.3) is 0 Å². The maximum atomic E-state index is 13.5. The van der Waals surface area contributed by atoms with Gasteiger partial charge in [-0.2, -0.15) is 9.50 Å². The van der Waals surface area contributed by atoms with Gasteiger partial charge in [-0.15, -0.1) is 5.11 Å². The first-order valence-corrected chi connectivity index (χ1v) is 6.61. The molecule has 0 saturated carbocycles. The number of rotatable bonds is 5. The van der Waals surface area contributed by atoms with Crippen LogP contribution in [0.2, 0.25) is 0 Å². The zero-order chi connectivity index (χ0) is 17.9. The van der Waals surface area contributed by atoms with Gasteiger partial charge in [0.15, 0.2) is 5.69 Å². The summed E-state index contributed by atoms with van der Waals surface area (Å²) in [6.45, 7) is 0. The standard InChI is InChI=1S/C14H12FN5O4/c1-18(2)10-5-3-9(4-6-10)16-17-12-8-7-11(15)13(19(21)22)14(12)20(23)24/h3-8H,1-2H3. The molecule has 0 radical (unpaired) electrons. The Hall–Kier alpha value is -3.43. The van der Waals surface area contributed by atoms with E-state index in [9.17, 15) is 24.6 Å². The number of hydrogen-bond acceptors (Lipinski definition) is 7. The van der Waals surface area contributed by atoms with Crippen molar-refractivity contribution in [2.75, 3.05) is 19.0 Å². The molecule has 0 fully saturated rings. The highest BCUT2D eigenvalue weighted by molar-refractivity contribution is 5.69. The van der Waals surface area contributed by atoms with Crippen LogP contribution in [0, 0.1) is 26.0 Å². The number of nitro benzene ring substituents is 2.